The quantitative estimate of drug-likeness (QED) is 0.876. The number of carbonyl (C=O) groups excluding carboxylic acids is 1. The third-order valence-corrected chi connectivity index (χ3v) is 3.28. The molecular formula is C16H20N2O. The second-order valence-electron chi connectivity index (χ2n) is 4.78. The van der Waals surface area contributed by atoms with Crippen molar-refractivity contribution in [2.75, 3.05) is 6.54 Å². The van der Waals surface area contributed by atoms with Gasteiger partial charge in [0.2, 0.25) is 5.91 Å². The number of aromatic nitrogens is 1. The van der Waals surface area contributed by atoms with Gasteiger partial charge in [-0.25, -0.2) is 0 Å². The molecule has 0 radical (unpaired) electrons. The Morgan fingerprint density at radius 3 is 2.32 bits per heavy atom. The molecule has 1 aromatic heterocycles. The first kappa shape index (κ1) is 13.4. The van der Waals surface area contributed by atoms with Crippen LogP contribution < -0.4 is 5.32 Å². The summed E-state index contributed by atoms with van der Waals surface area (Å²) in [6.45, 7) is 5.66. The monoisotopic (exact) mass is 256 g/mol. The minimum absolute atomic E-state index is 0.0775. The average Bonchev–Trinajstić information content (AvgIpc) is 2.71. The lowest BCUT2D eigenvalue weighted by molar-refractivity contribution is -0.120. The van der Waals surface area contributed by atoms with Crippen molar-refractivity contribution in [2.24, 2.45) is 0 Å². The Labute approximate surface area is 114 Å². The van der Waals surface area contributed by atoms with Crippen molar-refractivity contribution in [3.63, 3.8) is 0 Å². The molecule has 0 aliphatic rings. The largest absolute Gasteiger partial charge is 0.354 e. The Morgan fingerprint density at radius 1 is 1.05 bits per heavy atom. The van der Waals surface area contributed by atoms with E-state index in [1.54, 1.807) is 0 Å². The number of hydrogen-bond acceptors (Lipinski definition) is 1. The maximum absolute atomic E-state index is 11.8. The molecule has 100 valence electrons. The van der Waals surface area contributed by atoms with Crippen LogP contribution in [0.1, 0.15) is 17.0 Å². The fourth-order valence-electron chi connectivity index (χ4n) is 2.20. The predicted molar refractivity (Wildman–Crippen MR) is 77.1 cm³/mol. The first-order chi connectivity index (χ1) is 9.16. The highest BCUT2D eigenvalue weighted by molar-refractivity contribution is 5.78. The summed E-state index contributed by atoms with van der Waals surface area (Å²) in [6.07, 6.45) is 0.449. The van der Waals surface area contributed by atoms with Gasteiger partial charge >= 0.3 is 0 Å². The van der Waals surface area contributed by atoms with E-state index in [1.165, 1.54) is 11.4 Å². The molecule has 0 atom stereocenters. The van der Waals surface area contributed by atoms with Crippen LogP contribution in [0, 0.1) is 13.8 Å². The Balaban J connectivity index is 1.79. The van der Waals surface area contributed by atoms with Crippen LogP contribution in [0.5, 0.6) is 0 Å². The van der Waals surface area contributed by atoms with Crippen LogP contribution in [0.4, 0.5) is 0 Å². The number of hydrogen-bond donors (Lipinski definition) is 1. The summed E-state index contributed by atoms with van der Waals surface area (Å²) in [4.78, 5) is 11.8. The minimum atomic E-state index is 0.0775. The van der Waals surface area contributed by atoms with Crippen LogP contribution in [0.25, 0.3) is 0 Å². The summed E-state index contributed by atoms with van der Waals surface area (Å²) in [5.41, 5.74) is 3.51. The highest BCUT2D eigenvalue weighted by atomic mass is 16.1. The number of aryl methyl sites for hydroxylation is 2. The Kier molecular flexibility index (Phi) is 4.39. The molecule has 19 heavy (non-hydrogen) atoms. The first-order valence-electron chi connectivity index (χ1n) is 6.60. The summed E-state index contributed by atoms with van der Waals surface area (Å²) < 4.78 is 2.21. The molecule has 1 heterocycles. The lowest BCUT2D eigenvalue weighted by Gasteiger charge is -2.10. The molecule has 0 aliphatic carbocycles. The van der Waals surface area contributed by atoms with Crippen LogP contribution in [-0.2, 0) is 17.8 Å². The van der Waals surface area contributed by atoms with Crippen molar-refractivity contribution >= 4 is 5.91 Å². The molecule has 0 bridgehead atoms. The number of nitrogens with zero attached hydrogens (tertiary/aromatic N) is 1. The fourth-order valence-corrected chi connectivity index (χ4v) is 2.20. The number of benzene rings is 1. The van der Waals surface area contributed by atoms with Crippen molar-refractivity contribution < 1.29 is 4.79 Å². The summed E-state index contributed by atoms with van der Waals surface area (Å²) in [5.74, 6) is 0.0775. The third-order valence-electron chi connectivity index (χ3n) is 3.28. The molecule has 1 amide bonds. The maximum Gasteiger partial charge on any atom is 0.224 e. The Hall–Kier alpha value is -2.03. The molecule has 0 saturated heterocycles. The van der Waals surface area contributed by atoms with Gasteiger partial charge in [0.15, 0.2) is 0 Å². The van der Waals surface area contributed by atoms with Crippen molar-refractivity contribution in [3.05, 3.63) is 59.4 Å². The zero-order valence-corrected chi connectivity index (χ0v) is 11.5. The number of nitrogens with one attached hydrogen (secondary N) is 1. The second kappa shape index (κ2) is 6.23. The highest BCUT2D eigenvalue weighted by Crippen LogP contribution is 2.06. The smallest absolute Gasteiger partial charge is 0.224 e. The van der Waals surface area contributed by atoms with E-state index >= 15 is 0 Å². The molecule has 1 N–H and O–H groups in total. The molecule has 0 saturated carbocycles. The SMILES string of the molecule is Cc1ccc(C)n1CCNC(=O)Cc1ccccc1. The van der Waals surface area contributed by atoms with Gasteiger partial charge in [0, 0.05) is 24.5 Å². The fraction of sp³-hybridized carbons (Fsp3) is 0.312. The normalized spacial score (nSPS) is 10.4. The van der Waals surface area contributed by atoms with Gasteiger partial charge in [-0.15, -0.1) is 0 Å². The van der Waals surface area contributed by atoms with Crippen LogP contribution in [-0.4, -0.2) is 17.0 Å². The summed E-state index contributed by atoms with van der Waals surface area (Å²) in [6, 6.07) is 14.0. The van der Waals surface area contributed by atoms with Crippen LogP contribution >= 0.6 is 0 Å². The van der Waals surface area contributed by atoms with Gasteiger partial charge in [-0.05, 0) is 31.5 Å². The van der Waals surface area contributed by atoms with Crippen LogP contribution in [0.15, 0.2) is 42.5 Å². The molecule has 1 aromatic carbocycles. The standard InChI is InChI=1S/C16H20N2O/c1-13-8-9-14(2)18(13)11-10-17-16(19)12-15-6-4-3-5-7-15/h3-9H,10-12H2,1-2H3,(H,17,19). The summed E-state index contributed by atoms with van der Waals surface area (Å²) in [7, 11) is 0. The summed E-state index contributed by atoms with van der Waals surface area (Å²) in [5, 5.41) is 2.96. The zero-order valence-electron chi connectivity index (χ0n) is 11.5. The van der Waals surface area contributed by atoms with Gasteiger partial charge < -0.3 is 9.88 Å². The molecule has 0 spiro atoms. The van der Waals surface area contributed by atoms with E-state index in [1.807, 2.05) is 30.3 Å². The molecule has 3 nitrogen and oxygen atoms in total. The topological polar surface area (TPSA) is 34.0 Å². The van der Waals surface area contributed by atoms with E-state index in [0.717, 1.165) is 12.1 Å². The van der Waals surface area contributed by atoms with Crippen molar-refractivity contribution in [3.8, 4) is 0 Å². The molecule has 3 heteroatoms. The number of carbonyl (C=O) groups is 1. The highest BCUT2D eigenvalue weighted by Gasteiger charge is 2.04. The molecule has 0 aliphatic heterocycles. The first-order valence-corrected chi connectivity index (χ1v) is 6.60. The molecule has 0 unspecified atom stereocenters. The third kappa shape index (κ3) is 3.71. The van der Waals surface area contributed by atoms with E-state index < -0.39 is 0 Å². The van der Waals surface area contributed by atoms with Crippen molar-refractivity contribution in [1.29, 1.82) is 0 Å². The Morgan fingerprint density at radius 2 is 1.68 bits per heavy atom. The average molecular weight is 256 g/mol. The van der Waals surface area contributed by atoms with Gasteiger partial charge in [-0.2, -0.15) is 0 Å². The van der Waals surface area contributed by atoms with E-state index in [9.17, 15) is 4.79 Å². The maximum atomic E-state index is 11.8. The van der Waals surface area contributed by atoms with Gasteiger partial charge in [-0.1, -0.05) is 30.3 Å². The molecule has 2 aromatic rings. The zero-order chi connectivity index (χ0) is 13.7. The predicted octanol–water partition coefficient (Wildman–Crippen LogP) is 2.46. The van der Waals surface area contributed by atoms with E-state index in [2.05, 4.69) is 35.9 Å². The second-order valence-corrected chi connectivity index (χ2v) is 4.78. The van der Waals surface area contributed by atoms with Gasteiger partial charge in [0.05, 0.1) is 6.42 Å². The van der Waals surface area contributed by atoms with Crippen LogP contribution in [0.2, 0.25) is 0 Å². The van der Waals surface area contributed by atoms with E-state index in [4.69, 9.17) is 0 Å². The molecule has 2 rings (SSSR count). The Bertz CT molecular complexity index is 524. The van der Waals surface area contributed by atoms with Crippen LogP contribution in [0.3, 0.4) is 0 Å². The molecular weight excluding hydrogens is 236 g/mol. The van der Waals surface area contributed by atoms with Crippen molar-refractivity contribution in [2.45, 2.75) is 26.8 Å². The van der Waals surface area contributed by atoms with E-state index in [0.29, 0.717) is 13.0 Å². The van der Waals surface area contributed by atoms with Gasteiger partial charge in [0.1, 0.15) is 0 Å². The number of amides is 1. The van der Waals surface area contributed by atoms with Crippen molar-refractivity contribution in [1.82, 2.24) is 9.88 Å². The van der Waals surface area contributed by atoms with Gasteiger partial charge in [-0.3, -0.25) is 4.79 Å². The number of rotatable bonds is 5. The van der Waals surface area contributed by atoms with E-state index in [-0.39, 0.29) is 5.91 Å². The lowest BCUT2D eigenvalue weighted by Crippen LogP contribution is -2.29. The summed E-state index contributed by atoms with van der Waals surface area (Å²) >= 11 is 0. The lowest BCUT2D eigenvalue weighted by atomic mass is 10.1. The van der Waals surface area contributed by atoms with Gasteiger partial charge in [0.25, 0.3) is 0 Å². The minimum Gasteiger partial charge on any atom is -0.354 e. The molecule has 0 fully saturated rings.